The van der Waals surface area contributed by atoms with E-state index in [1.165, 1.54) is 6.07 Å². The van der Waals surface area contributed by atoms with Gasteiger partial charge in [-0.15, -0.1) is 0 Å². The third kappa shape index (κ3) is 2.46. The largest absolute Gasteiger partial charge is 0.350 e. The summed E-state index contributed by atoms with van der Waals surface area (Å²) in [6.07, 6.45) is 2.60. The Morgan fingerprint density at radius 3 is 2.65 bits per heavy atom. The first kappa shape index (κ1) is 12.0. The van der Waals surface area contributed by atoms with Crippen LogP contribution in [0.1, 0.15) is 31.7 Å². The van der Waals surface area contributed by atoms with Gasteiger partial charge in [0.05, 0.1) is 0 Å². The molecule has 92 valence electrons. The Kier molecular flexibility index (Phi) is 3.13. The van der Waals surface area contributed by atoms with Crippen LogP contribution in [0.2, 0.25) is 0 Å². The van der Waals surface area contributed by atoms with Gasteiger partial charge in [0.2, 0.25) is 5.91 Å². The number of carbonyl (C=O) groups excluding carboxylic acids is 1. The molecule has 1 aromatic carbocycles. The van der Waals surface area contributed by atoms with Gasteiger partial charge in [0.15, 0.2) is 11.6 Å². The van der Waals surface area contributed by atoms with E-state index in [0.29, 0.717) is 18.4 Å². The normalized spacial score (nSPS) is 23.8. The smallest absolute Gasteiger partial charge is 0.220 e. The standard InChI is InChI=1S/C13H15F2NO/c1-2-13(6-5-12(17)16-13)8-9-3-4-10(14)11(15)7-9/h3-4,7H,2,5-6,8H2,1H3,(H,16,17). The van der Waals surface area contributed by atoms with Crippen LogP contribution in [0.3, 0.4) is 0 Å². The van der Waals surface area contributed by atoms with Gasteiger partial charge in [-0.25, -0.2) is 8.78 Å². The molecule has 0 spiro atoms. The summed E-state index contributed by atoms with van der Waals surface area (Å²) in [5.41, 5.74) is 0.425. The number of hydrogen-bond donors (Lipinski definition) is 1. The van der Waals surface area contributed by atoms with Crippen LogP contribution in [0.4, 0.5) is 8.78 Å². The molecule has 1 unspecified atom stereocenters. The van der Waals surface area contributed by atoms with Gasteiger partial charge < -0.3 is 5.32 Å². The summed E-state index contributed by atoms with van der Waals surface area (Å²) < 4.78 is 25.9. The maximum atomic E-state index is 13.1. The van der Waals surface area contributed by atoms with Crippen LogP contribution in [-0.2, 0) is 11.2 Å². The van der Waals surface area contributed by atoms with E-state index < -0.39 is 11.6 Å². The predicted octanol–water partition coefficient (Wildman–Crippen LogP) is 2.57. The second-order valence-corrected chi connectivity index (χ2v) is 4.61. The second kappa shape index (κ2) is 4.43. The molecule has 2 nitrogen and oxygen atoms in total. The molecule has 0 aromatic heterocycles. The van der Waals surface area contributed by atoms with Gasteiger partial charge in [0.25, 0.3) is 0 Å². The minimum atomic E-state index is -0.838. The lowest BCUT2D eigenvalue weighted by atomic mass is 9.87. The summed E-state index contributed by atoms with van der Waals surface area (Å²) in [4.78, 5) is 11.3. The Morgan fingerprint density at radius 1 is 1.35 bits per heavy atom. The van der Waals surface area contributed by atoms with Crippen LogP contribution in [0.15, 0.2) is 18.2 Å². The first-order valence-electron chi connectivity index (χ1n) is 5.79. The van der Waals surface area contributed by atoms with Crippen LogP contribution < -0.4 is 5.32 Å². The molecule has 1 N–H and O–H groups in total. The molecule has 1 fully saturated rings. The number of amides is 1. The fraction of sp³-hybridized carbons (Fsp3) is 0.462. The van der Waals surface area contributed by atoms with Crippen LogP contribution in [0.25, 0.3) is 0 Å². The molecule has 1 aliphatic rings. The van der Waals surface area contributed by atoms with Crippen molar-refractivity contribution < 1.29 is 13.6 Å². The summed E-state index contributed by atoms with van der Waals surface area (Å²) in [5.74, 6) is -1.64. The number of halogens is 2. The summed E-state index contributed by atoms with van der Waals surface area (Å²) in [6, 6.07) is 3.91. The van der Waals surface area contributed by atoms with E-state index in [9.17, 15) is 13.6 Å². The Hall–Kier alpha value is -1.45. The summed E-state index contributed by atoms with van der Waals surface area (Å²) in [5, 5.41) is 2.94. The number of nitrogens with one attached hydrogen (secondary N) is 1. The monoisotopic (exact) mass is 239 g/mol. The predicted molar refractivity (Wildman–Crippen MR) is 60.5 cm³/mol. The van der Waals surface area contributed by atoms with Crippen molar-refractivity contribution in [2.24, 2.45) is 0 Å². The fourth-order valence-electron chi connectivity index (χ4n) is 2.34. The van der Waals surface area contributed by atoms with Crippen molar-refractivity contribution in [2.45, 2.75) is 38.1 Å². The highest BCUT2D eigenvalue weighted by Gasteiger charge is 2.35. The van der Waals surface area contributed by atoms with Gasteiger partial charge in [-0.05, 0) is 37.0 Å². The van der Waals surface area contributed by atoms with E-state index in [2.05, 4.69) is 5.32 Å². The number of hydrogen-bond acceptors (Lipinski definition) is 1. The molecule has 0 aliphatic carbocycles. The fourth-order valence-corrected chi connectivity index (χ4v) is 2.34. The Balaban J connectivity index is 2.18. The molecule has 2 rings (SSSR count). The van der Waals surface area contributed by atoms with Crippen molar-refractivity contribution in [3.05, 3.63) is 35.4 Å². The highest BCUT2D eigenvalue weighted by atomic mass is 19.2. The molecule has 4 heteroatoms. The molecule has 0 radical (unpaired) electrons. The van der Waals surface area contributed by atoms with Gasteiger partial charge in [-0.3, -0.25) is 4.79 Å². The third-order valence-electron chi connectivity index (χ3n) is 3.44. The number of benzene rings is 1. The van der Waals surface area contributed by atoms with E-state index in [1.54, 1.807) is 6.07 Å². The zero-order valence-electron chi connectivity index (χ0n) is 9.72. The Bertz CT molecular complexity index is 447. The van der Waals surface area contributed by atoms with Crippen LogP contribution >= 0.6 is 0 Å². The van der Waals surface area contributed by atoms with Crippen molar-refractivity contribution >= 4 is 5.91 Å². The summed E-state index contributed by atoms with van der Waals surface area (Å²) in [7, 11) is 0. The van der Waals surface area contributed by atoms with Crippen molar-refractivity contribution in [1.82, 2.24) is 5.32 Å². The second-order valence-electron chi connectivity index (χ2n) is 4.61. The zero-order valence-corrected chi connectivity index (χ0v) is 9.72. The van der Waals surface area contributed by atoms with Crippen molar-refractivity contribution in [3.63, 3.8) is 0 Å². The first-order valence-corrected chi connectivity index (χ1v) is 5.79. The van der Waals surface area contributed by atoms with Crippen molar-refractivity contribution in [1.29, 1.82) is 0 Å². The summed E-state index contributed by atoms with van der Waals surface area (Å²) in [6.45, 7) is 1.99. The molecular formula is C13H15F2NO. The molecule has 1 aromatic rings. The van der Waals surface area contributed by atoms with Gasteiger partial charge in [-0.1, -0.05) is 13.0 Å². The molecule has 0 bridgehead atoms. The van der Waals surface area contributed by atoms with Crippen LogP contribution in [0, 0.1) is 11.6 Å². The Morgan fingerprint density at radius 2 is 2.12 bits per heavy atom. The van der Waals surface area contributed by atoms with Gasteiger partial charge in [-0.2, -0.15) is 0 Å². The molecule has 1 heterocycles. The minimum absolute atomic E-state index is 0.0365. The zero-order chi connectivity index (χ0) is 12.5. The quantitative estimate of drug-likeness (QED) is 0.863. The maximum Gasteiger partial charge on any atom is 0.220 e. The number of rotatable bonds is 3. The summed E-state index contributed by atoms with van der Waals surface area (Å²) >= 11 is 0. The van der Waals surface area contributed by atoms with Gasteiger partial charge in [0.1, 0.15) is 0 Å². The lowest BCUT2D eigenvalue weighted by molar-refractivity contribution is -0.119. The average Bonchev–Trinajstić information content (AvgIpc) is 2.66. The number of carbonyl (C=O) groups is 1. The van der Waals surface area contributed by atoms with E-state index >= 15 is 0 Å². The van der Waals surface area contributed by atoms with Crippen molar-refractivity contribution in [2.75, 3.05) is 0 Å². The van der Waals surface area contributed by atoms with E-state index in [-0.39, 0.29) is 11.4 Å². The molecule has 1 amide bonds. The van der Waals surface area contributed by atoms with Gasteiger partial charge >= 0.3 is 0 Å². The molecule has 0 saturated carbocycles. The van der Waals surface area contributed by atoms with E-state index in [0.717, 1.165) is 18.9 Å². The average molecular weight is 239 g/mol. The third-order valence-corrected chi connectivity index (χ3v) is 3.44. The van der Waals surface area contributed by atoms with E-state index in [1.807, 2.05) is 6.92 Å². The Labute approximate surface area is 99.0 Å². The molecular weight excluding hydrogens is 224 g/mol. The van der Waals surface area contributed by atoms with Crippen molar-refractivity contribution in [3.8, 4) is 0 Å². The van der Waals surface area contributed by atoms with Gasteiger partial charge in [0, 0.05) is 12.0 Å². The van der Waals surface area contributed by atoms with Crippen LogP contribution in [-0.4, -0.2) is 11.4 Å². The molecule has 17 heavy (non-hydrogen) atoms. The van der Waals surface area contributed by atoms with E-state index in [4.69, 9.17) is 0 Å². The SMILES string of the molecule is CCC1(Cc2ccc(F)c(F)c2)CCC(=O)N1. The van der Waals surface area contributed by atoms with Crippen LogP contribution in [0.5, 0.6) is 0 Å². The lowest BCUT2D eigenvalue weighted by Crippen LogP contribution is -2.42. The maximum absolute atomic E-state index is 13.1. The minimum Gasteiger partial charge on any atom is -0.350 e. The lowest BCUT2D eigenvalue weighted by Gasteiger charge is -2.27. The molecule has 1 saturated heterocycles. The molecule has 1 atom stereocenters. The molecule has 1 aliphatic heterocycles. The first-order chi connectivity index (χ1) is 8.04. The highest BCUT2D eigenvalue weighted by Crippen LogP contribution is 2.28. The topological polar surface area (TPSA) is 29.1 Å². The highest BCUT2D eigenvalue weighted by molar-refractivity contribution is 5.79.